The van der Waals surface area contributed by atoms with E-state index < -0.39 is 12.4 Å². The number of ether oxygens (including phenoxy) is 2. The lowest BCUT2D eigenvalue weighted by Gasteiger charge is -2.46. The van der Waals surface area contributed by atoms with Crippen LogP contribution in [0.15, 0.2) is 30.3 Å². The quantitative estimate of drug-likeness (QED) is 0.773. The highest BCUT2D eigenvalue weighted by Gasteiger charge is 2.52. The van der Waals surface area contributed by atoms with Crippen molar-refractivity contribution in [2.24, 2.45) is 0 Å². The van der Waals surface area contributed by atoms with Crippen LogP contribution in [-0.2, 0) is 20.8 Å². The van der Waals surface area contributed by atoms with Crippen molar-refractivity contribution in [3.05, 3.63) is 35.9 Å². The van der Waals surface area contributed by atoms with Gasteiger partial charge < -0.3 is 24.8 Å². The number of aliphatic hydroxyl groups is 1. The van der Waals surface area contributed by atoms with Crippen molar-refractivity contribution in [3.8, 4) is 0 Å². The van der Waals surface area contributed by atoms with Gasteiger partial charge in [-0.3, -0.25) is 9.69 Å². The fourth-order valence-electron chi connectivity index (χ4n) is 4.21. The smallest absolute Gasteiger partial charge is 0.219 e. The molecule has 26 heavy (non-hydrogen) atoms. The molecule has 5 atom stereocenters. The summed E-state index contributed by atoms with van der Waals surface area (Å²) in [5.74, 6) is 0.102. The van der Waals surface area contributed by atoms with E-state index in [1.807, 2.05) is 23.1 Å². The van der Waals surface area contributed by atoms with Gasteiger partial charge in [0.05, 0.1) is 24.8 Å². The molecule has 3 saturated heterocycles. The van der Waals surface area contributed by atoms with Gasteiger partial charge in [-0.05, 0) is 5.56 Å². The maximum atomic E-state index is 11.5. The van der Waals surface area contributed by atoms with Gasteiger partial charge in [0.2, 0.25) is 5.91 Å². The first-order chi connectivity index (χ1) is 12.6. The Balaban J connectivity index is 1.42. The molecule has 5 unspecified atom stereocenters. The van der Waals surface area contributed by atoms with Crippen LogP contribution in [0.25, 0.3) is 0 Å². The molecule has 2 N–H and O–H groups in total. The Morgan fingerprint density at radius 2 is 1.96 bits per heavy atom. The Kier molecular flexibility index (Phi) is 5.24. The second-order valence-corrected chi connectivity index (χ2v) is 7.29. The minimum absolute atomic E-state index is 0.102. The molecule has 0 radical (unpaired) electrons. The first-order valence-electron chi connectivity index (χ1n) is 9.35. The minimum atomic E-state index is -0.575. The Labute approximate surface area is 153 Å². The topological polar surface area (TPSA) is 74.3 Å². The Hall–Kier alpha value is -1.51. The third kappa shape index (κ3) is 3.50. The summed E-state index contributed by atoms with van der Waals surface area (Å²) in [6, 6.07) is 9.76. The molecule has 7 nitrogen and oxygen atoms in total. The molecule has 0 aromatic heterocycles. The molecule has 3 fully saturated rings. The molecule has 3 aliphatic rings. The van der Waals surface area contributed by atoms with E-state index in [0.29, 0.717) is 26.2 Å². The molecule has 3 heterocycles. The van der Waals surface area contributed by atoms with E-state index in [4.69, 9.17) is 9.47 Å². The molecule has 4 rings (SSSR count). The van der Waals surface area contributed by atoms with E-state index in [2.05, 4.69) is 22.3 Å². The number of aliphatic hydroxyl groups excluding tert-OH is 1. The van der Waals surface area contributed by atoms with Gasteiger partial charge in [-0.15, -0.1) is 0 Å². The third-order valence-corrected chi connectivity index (χ3v) is 5.70. The summed E-state index contributed by atoms with van der Waals surface area (Å²) in [5, 5.41) is 14.5. The monoisotopic (exact) mass is 361 g/mol. The van der Waals surface area contributed by atoms with Crippen LogP contribution in [0.3, 0.4) is 0 Å². The van der Waals surface area contributed by atoms with E-state index in [9.17, 15) is 9.90 Å². The molecule has 2 bridgehead atoms. The van der Waals surface area contributed by atoms with Gasteiger partial charge in [-0.2, -0.15) is 0 Å². The lowest BCUT2D eigenvalue weighted by Crippen LogP contribution is -2.66. The van der Waals surface area contributed by atoms with Crippen LogP contribution in [0, 0.1) is 0 Å². The number of nitrogens with one attached hydrogen (secondary N) is 1. The summed E-state index contributed by atoms with van der Waals surface area (Å²) in [4.78, 5) is 15.6. The lowest BCUT2D eigenvalue weighted by molar-refractivity contribution is -0.186. The molecule has 0 saturated carbocycles. The second-order valence-electron chi connectivity index (χ2n) is 7.29. The summed E-state index contributed by atoms with van der Waals surface area (Å²) in [6.45, 7) is 5.58. The highest BCUT2D eigenvalue weighted by molar-refractivity contribution is 5.73. The van der Waals surface area contributed by atoms with Crippen LogP contribution >= 0.6 is 0 Å². The standard InChI is InChI=1S/C19H27N3O4/c1-13(23)21-7-9-22(10-8-21)17-18(24)16(15-12-25-19(17)26-15)20-11-14-5-3-2-4-6-14/h2-6,15-20,24H,7-12H2,1H3. The van der Waals surface area contributed by atoms with E-state index in [0.717, 1.165) is 13.1 Å². The van der Waals surface area contributed by atoms with E-state index in [1.165, 1.54) is 5.56 Å². The molecular formula is C19H27N3O4. The number of benzene rings is 1. The van der Waals surface area contributed by atoms with E-state index >= 15 is 0 Å². The number of piperazine rings is 1. The van der Waals surface area contributed by atoms with Crippen LogP contribution in [0.5, 0.6) is 0 Å². The zero-order valence-corrected chi connectivity index (χ0v) is 15.1. The van der Waals surface area contributed by atoms with Crippen molar-refractivity contribution in [1.29, 1.82) is 0 Å². The summed E-state index contributed by atoms with van der Waals surface area (Å²) < 4.78 is 11.9. The highest BCUT2D eigenvalue weighted by atomic mass is 16.7. The number of carbonyl (C=O) groups excluding carboxylic acids is 1. The van der Waals surface area contributed by atoms with Crippen LogP contribution < -0.4 is 5.32 Å². The van der Waals surface area contributed by atoms with E-state index in [-0.39, 0.29) is 24.1 Å². The molecule has 1 aromatic rings. The minimum Gasteiger partial charge on any atom is -0.390 e. The van der Waals surface area contributed by atoms with Crippen molar-refractivity contribution in [2.45, 2.75) is 44.1 Å². The van der Waals surface area contributed by atoms with Crippen LogP contribution in [-0.4, -0.2) is 84.2 Å². The average molecular weight is 361 g/mol. The molecule has 3 aliphatic heterocycles. The molecule has 142 valence electrons. The summed E-state index contributed by atoms with van der Waals surface area (Å²) >= 11 is 0. The summed E-state index contributed by atoms with van der Waals surface area (Å²) in [7, 11) is 0. The number of hydrogen-bond acceptors (Lipinski definition) is 6. The second kappa shape index (κ2) is 7.62. The Morgan fingerprint density at radius 1 is 1.23 bits per heavy atom. The van der Waals surface area contributed by atoms with E-state index in [1.54, 1.807) is 6.92 Å². The molecule has 0 spiro atoms. The van der Waals surface area contributed by atoms with Gasteiger partial charge in [-0.25, -0.2) is 0 Å². The number of rotatable bonds is 4. The average Bonchev–Trinajstić information content (AvgIpc) is 3.08. The molecule has 7 heteroatoms. The Bertz CT molecular complexity index is 620. The van der Waals surface area contributed by atoms with Gasteiger partial charge in [0.15, 0.2) is 6.29 Å². The SMILES string of the molecule is CC(=O)N1CCN(C2C3OCC(O3)C(NCc3ccccc3)C2O)CC1. The van der Waals surface area contributed by atoms with Gasteiger partial charge in [-0.1, -0.05) is 30.3 Å². The summed E-state index contributed by atoms with van der Waals surface area (Å²) in [6.07, 6.45) is -1.10. The molecule has 0 aliphatic carbocycles. The first kappa shape index (κ1) is 17.9. The van der Waals surface area contributed by atoms with Gasteiger partial charge >= 0.3 is 0 Å². The Morgan fingerprint density at radius 3 is 2.65 bits per heavy atom. The zero-order valence-electron chi connectivity index (χ0n) is 15.1. The predicted molar refractivity (Wildman–Crippen MR) is 95.3 cm³/mol. The van der Waals surface area contributed by atoms with Crippen molar-refractivity contribution < 1.29 is 19.4 Å². The number of fused-ring (bicyclic) bond motifs is 2. The summed E-state index contributed by atoms with van der Waals surface area (Å²) in [5.41, 5.74) is 1.17. The van der Waals surface area contributed by atoms with Crippen LogP contribution in [0.4, 0.5) is 0 Å². The maximum Gasteiger partial charge on any atom is 0.219 e. The van der Waals surface area contributed by atoms with Crippen LogP contribution in [0.2, 0.25) is 0 Å². The third-order valence-electron chi connectivity index (χ3n) is 5.70. The number of amides is 1. The fraction of sp³-hybridized carbons (Fsp3) is 0.632. The van der Waals surface area contributed by atoms with Gasteiger partial charge in [0, 0.05) is 39.6 Å². The normalized spacial score (nSPS) is 34.8. The highest BCUT2D eigenvalue weighted by Crippen LogP contribution is 2.32. The molecule has 1 amide bonds. The van der Waals surface area contributed by atoms with Gasteiger partial charge in [0.25, 0.3) is 0 Å². The molecular weight excluding hydrogens is 334 g/mol. The lowest BCUT2D eigenvalue weighted by atomic mass is 9.94. The van der Waals surface area contributed by atoms with Crippen molar-refractivity contribution in [1.82, 2.24) is 15.1 Å². The first-order valence-corrected chi connectivity index (χ1v) is 9.35. The molecule has 1 aromatic carbocycles. The van der Waals surface area contributed by atoms with Crippen molar-refractivity contribution >= 4 is 5.91 Å². The number of carbonyl (C=O) groups is 1. The number of hydrogen-bond donors (Lipinski definition) is 2. The van der Waals surface area contributed by atoms with Gasteiger partial charge in [0.1, 0.15) is 6.10 Å². The van der Waals surface area contributed by atoms with Crippen molar-refractivity contribution in [2.75, 3.05) is 32.8 Å². The predicted octanol–water partition coefficient (Wildman–Crippen LogP) is -0.206. The fourth-order valence-corrected chi connectivity index (χ4v) is 4.21. The number of nitrogens with zero attached hydrogens (tertiary/aromatic N) is 2. The maximum absolute atomic E-state index is 11.5. The van der Waals surface area contributed by atoms with Crippen molar-refractivity contribution in [3.63, 3.8) is 0 Å². The zero-order chi connectivity index (χ0) is 18.1. The van der Waals surface area contributed by atoms with Crippen LogP contribution in [0.1, 0.15) is 12.5 Å². The largest absolute Gasteiger partial charge is 0.390 e.